The van der Waals surface area contributed by atoms with Crippen LogP contribution in [0.5, 0.6) is 5.88 Å². The van der Waals surface area contributed by atoms with E-state index in [0.29, 0.717) is 22.8 Å². The van der Waals surface area contributed by atoms with Gasteiger partial charge in [0.15, 0.2) is 0 Å². The molecule has 30 heavy (non-hydrogen) atoms. The second kappa shape index (κ2) is 7.17. The minimum atomic E-state index is -0.435. The molecule has 0 saturated carbocycles. The van der Waals surface area contributed by atoms with Gasteiger partial charge in [-0.3, -0.25) is 10.1 Å². The SMILES string of the molecule is N#CC1=C(N)Oc2n[nH]c(-c3ccc(Br)cn3)c2C1c1ccc(-n2ccnc2)cc1. The molecule has 1 unspecified atom stereocenters. The number of nitrogens with zero attached hydrogens (tertiary/aromatic N) is 5. The van der Waals surface area contributed by atoms with Crippen LogP contribution in [0.25, 0.3) is 17.1 Å². The zero-order valence-corrected chi connectivity index (χ0v) is 17.0. The Hall–Kier alpha value is -3.90. The highest BCUT2D eigenvalue weighted by Gasteiger charge is 2.35. The minimum absolute atomic E-state index is 0.0514. The average molecular weight is 460 g/mol. The van der Waals surface area contributed by atoms with Crippen LogP contribution < -0.4 is 10.5 Å². The Balaban J connectivity index is 1.65. The summed E-state index contributed by atoms with van der Waals surface area (Å²) in [6, 6.07) is 13.8. The van der Waals surface area contributed by atoms with Crippen molar-refractivity contribution in [2.45, 2.75) is 5.92 Å². The smallest absolute Gasteiger partial charge is 0.244 e. The van der Waals surface area contributed by atoms with E-state index >= 15 is 0 Å². The van der Waals surface area contributed by atoms with Crippen molar-refractivity contribution in [1.29, 1.82) is 5.26 Å². The number of pyridine rings is 1. The number of ether oxygens (including phenoxy) is 1. The van der Waals surface area contributed by atoms with Gasteiger partial charge in [0.2, 0.25) is 11.8 Å². The van der Waals surface area contributed by atoms with Gasteiger partial charge in [-0.05, 0) is 45.8 Å². The fourth-order valence-electron chi connectivity index (χ4n) is 3.55. The predicted molar refractivity (Wildman–Crippen MR) is 112 cm³/mol. The van der Waals surface area contributed by atoms with Crippen molar-refractivity contribution in [3.8, 4) is 29.0 Å². The standard InChI is InChI=1S/C21H14BrN7O/c22-13-3-6-16(26-10-13)19-18-17(15(9-23)20(24)30-21(18)28-27-19)12-1-4-14(5-2-12)29-8-7-25-11-29/h1-8,10-11,17H,24H2,(H,27,28). The molecular weight excluding hydrogens is 446 g/mol. The molecule has 0 spiro atoms. The number of nitrogens with one attached hydrogen (secondary N) is 1. The first-order valence-corrected chi connectivity index (χ1v) is 9.81. The van der Waals surface area contributed by atoms with Gasteiger partial charge in [-0.1, -0.05) is 12.1 Å². The molecule has 3 aromatic heterocycles. The molecule has 5 rings (SSSR count). The summed E-state index contributed by atoms with van der Waals surface area (Å²) in [5.74, 6) is -0.0415. The summed E-state index contributed by atoms with van der Waals surface area (Å²) in [5.41, 5.74) is 10.3. The Kier molecular flexibility index (Phi) is 4.34. The van der Waals surface area contributed by atoms with E-state index in [1.165, 1.54) is 0 Å². The zero-order valence-electron chi connectivity index (χ0n) is 15.5. The van der Waals surface area contributed by atoms with Crippen LogP contribution in [0.4, 0.5) is 0 Å². The Morgan fingerprint density at radius 2 is 2.03 bits per heavy atom. The highest BCUT2D eigenvalue weighted by molar-refractivity contribution is 9.10. The van der Waals surface area contributed by atoms with Gasteiger partial charge in [0.05, 0.1) is 29.2 Å². The first-order chi connectivity index (χ1) is 14.7. The Bertz CT molecular complexity index is 1280. The van der Waals surface area contributed by atoms with Gasteiger partial charge in [-0.25, -0.2) is 4.98 Å². The normalized spacial score (nSPS) is 15.4. The fraction of sp³-hybridized carbons (Fsp3) is 0.0476. The second-order valence-electron chi connectivity index (χ2n) is 6.67. The van der Waals surface area contributed by atoms with Crippen LogP contribution in [0, 0.1) is 11.3 Å². The van der Waals surface area contributed by atoms with E-state index in [-0.39, 0.29) is 5.88 Å². The van der Waals surface area contributed by atoms with Crippen molar-refractivity contribution in [3.05, 3.63) is 88.4 Å². The Morgan fingerprint density at radius 1 is 1.20 bits per heavy atom. The van der Waals surface area contributed by atoms with Gasteiger partial charge in [0.25, 0.3) is 0 Å². The lowest BCUT2D eigenvalue weighted by Gasteiger charge is -2.24. The van der Waals surface area contributed by atoms with Crippen LogP contribution in [0.2, 0.25) is 0 Å². The number of nitriles is 1. The highest BCUT2D eigenvalue weighted by Crippen LogP contribution is 2.45. The van der Waals surface area contributed by atoms with Crippen LogP contribution in [0.3, 0.4) is 0 Å². The quantitative estimate of drug-likeness (QED) is 0.482. The summed E-state index contributed by atoms with van der Waals surface area (Å²) < 4.78 is 8.41. The summed E-state index contributed by atoms with van der Waals surface area (Å²) in [7, 11) is 0. The molecule has 8 nitrogen and oxygen atoms in total. The number of allylic oxidation sites excluding steroid dienone is 1. The molecule has 0 aliphatic carbocycles. The summed E-state index contributed by atoms with van der Waals surface area (Å²) in [4.78, 5) is 8.54. The zero-order chi connectivity index (χ0) is 20.7. The molecule has 0 amide bonds. The van der Waals surface area contributed by atoms with E-state index in [2.05, 4.69) is 42.2 Å². The lowest BCUT2D eigenvalue weighted by molar-refractivity contribution is 0.379. The molecule has 0 fully saturated rings. The number of H-pyrrole nitrogens is 1. The number of rotatable bonds is 3. The number of hydrogen-bond acceptors (Lipinski definition) is 6. The van der Waals surface area contributed by atoms with E-state index in [1.54, 1.807) is 18.7 Å². The third-order valence-corrected chi connectivity index (χ3v) is 5.42. The van der Waals surface area contributed by atoms with Crippen LogP contribution in [-0.4, -0.2) is 24.7 Å². The molecule has 0 radical (unpaired) electrons. The third-order valence-electron chi connectivity index (χ3n) is 4.95. The molecule has 0 bridgehead atoms. The Labute approximate surface area is 179 Å². The number of nitrogens with two attached hydrogens (primary N) is 1. The van der Waals surface area contributed by atoms with Crippen LogP contribution in [0.1, 0.15) is 17.0 Å². The Morgan fingerprint density at radius 3 is 2.70 bits per heavy atom. The topological polar surface area (TPSA) is 118 Å². The molecule has 4 heterocycles. The summed E-state index contributed by atoms with van der Waals surface area (Å²) in [6.45, 7) is 0. The molecule has 1 aromatic carbocycles. The summed E-state index contributed by atoms with van der Waals surface area (Å²) in [6.07, 6.45) is 7.02. The van der Waals surface area contributed by atoms with Crippen LogP contribution >= 0.6 is 15.9 Å². The number of benzene rings is 1. The molecule has 146 valence electrons. The van der Waals surface area contributed by atoms with Crippen LogP contribution in [-0.2, 0) is 0 Å². The monoisotopic (exact) mass is 459 g/mol. The lowest BCUT2D eigenvalue weighted by Crippen LogP contribution is -2.21. The molecular formula is C21H14BrN7O. The number of halogens is 1. The van der Waals surface area contributed by atoms with Crippen molar-refractivity contribution in [2.24, 2.45) is 5.73 Å². The van der Waals surface area contributed by atoms with Crippen molar-refractivity contribution < 1.29 is 4.74 Å². The fourth-order valence-corrected chi connectivity index (χ4v) is 3.78. The molecule has 4 aromatic rings. The highest BCUT2D eigenvalue weighted by atomic mass is 79.9. The number of fused-ring (bicyclic) bond motifs is 1. The van der Waals surface area contributed by atoms with E-state index < -0.39 is 5.92 Å². The van der Waals surface area contributed by atoms with Crippen molar-refractivity contribution in [2.75, 3.05) is 0 Å². The summed E-state index contributed by atoms with van der Waals surface area (Å²) in [5, 5.41) is 17.1. The number of imidazole rings is 1. The number of hydrogen-bond donors (Lipinski definition) is 2. The molecule has 1 atom stereocenters. The minimum Gasteiger partial charge on any atom is -0.420 e. The van der Waals surface area contributed by atoms with Crippen molar-refractivity contribution in [1.82, 2.24) is 24.7 Å². The molecule has 9 heteroatoms. The maximum Gasteiger partial charge on any atom is 0.244 e. The largest absolute Gasteiger partial charge is 0.420 e. The second-order valence-corrected chi connectivity index (χ2v) is 7.58. The first kappa shape index (κ1) is 18.1. The van der Waals surface area contributed by atoms with E-state index in [1.807, 2.05) is 47.2 Å². The molecule has 0 saturated heterocycles. The maximum atomic E-state index is 9.83. The van der Waals surface area contributed by atoms with E-state index in [0.717, 1.165) is 21.3 Å². The van der Waals surface area contributed by atoms with Gasteiger partial charge in [-0.15, -0.1) is 5.10 Å². The maximum absolute atomic E-state index is 9.83. The molecule has 3 N–H and O–H groups in total. The van der Waals surface area contributed by atoms with Gasteiger partial charge in [0, 0.05) is 28.8 Å². The van der Waals surface area contributed by atoms with Gasteiger partial charge >= 0.3 is 0 Å². The summed E-state index contributed by atoms with van der Waals surface area (Å²) >= 11 is 3.40. The molecule has 1 aliphatic heterocycles. The predicted octanol–water partition coefficient (Wildman–Crippen LogP) is 3.64. The van der Waals surface area contributed by atoms with E-state index in [4.69, 9.17) is 10.5 Å². The average Bonchev–Trinajstić information content (AvgIpc) is 3.44. The number of aromatic nitrogens is 5. The van der Waals surface area contributed by atoms with E-state index in [9.17, 15) is 5.26 Å². The first-order valence-electron chi connectivity index (χ1n) is 9.02. The third kappa shape index (κ3) is 2.94. The van der Waals surface area contributed by atoms with Gasteiger partial charge in [0.1, 0.15) is 11.6 Å². The van der Waals surface area contributed by atoms with Crippen molar-refractivity contribution in [3.63, 3.8) is 0 Å². The lowest BCUT2D eigenvalue weighted by atomic mass is 9.83. The number of aromatic amines is 1. The van der Waals surface area contributed by atoms with Crippen molar-refractivity contribution >= 4 is 15.9 Å². The molecule has 1 aliphatic rings. The van der Waals surface area contributed by atoms with Gasteiger partial charge in [-0.2, -0.15) is 5.26 Å². The van der Waals surface area contributed by atoms with Crippen LogP contribution in [0.15, 0.2) is 77.2 Å². The van der Waals surface area contributed by atoms with Gasteiger partial charge < -0.3 is 15.0 Å².